The highest BCUT2D eigenvalue weighted by molar-refractivity contribution is 6.31. The molecule has 27 heavy (non-hydrogen) atoms. The van der Waals surface area contributed by atoms with Gasteiger partial charge in [0.25, 0.3) is 5.91 Å². The molecule has 0 saturated carbocycles. The number of aromatic nitrogens is 2. The van der Waals surface area contributed by atoms with E-state index in [9.17, 15) is 4.79 Å². The summed E-state index contributed by atoms with van der Waals surface area (Å²) < 4.78 is 5.32. The lowest BCUT2D eigenvalue weighted by Gasteiger charge is -2.10. The van der Waals surface area contributed by atoms with E-state index in [-0.39, 0.29) is 5.91 Å². The molecular weight excluding hydrogens is 364 g/mol. The fraction of sp³-hybridized carbons (Fsp3) is 0.150. The smallest absolute Gasteiger partial charge is 0.258 e. The van der Waals surface area contributed by atoms with Crippen LogP contribution in [0.5, 0.6) is 5.75 Å². The molecule has 0 radical (unpaired) electrons. The predicted octanol–water partition coefficient (Wildman–Crippen LogP) is 4.31. The van der Waals surface area contributed by atoms with Crippen molar-refractivity contribution in [2.75, 3.05) is 17.7 Å². The van der Waals surface area contributed by atoms with E-state index in [0.717, 1.165) is 16.9 Å². The van der Waals surface area contributed by atoms with E-state index in [1.54, 1.807) is 19.2 Å². The maximum Gasteiger partial charge on any atom is 0.258 e. The van der Waals surface area contributed by atoms with Gasteiger partial charge in [0.2, 0.25) is 5.95 Å². The standard InChI is InChI=1S/C20H19ClN4O2/c1-13-7-8-16(21)9-17(13)25-19(26)15-11-23-20(24-12-15)22-10-14-5-3-4-6-18(14)27-2/h3-9,11-12H,10H2,1-2H3,(H,25,26)(H,22,23,24). The van der Waals surface area contributed by atoms with Crippen LogP contribution in [0.25, 0.3) is 0 Å². The number of anilines is 2. The van der Waals surface area contributed by atoms with Crippen LogP contribution >= 0.6 is 11.6 Å². The van der Waals surface area contributed by atoms with Gasteiger partial charge in [-0.15, -0.1) is 0 Å². The molecule has 0 bridgehead atoms. The topological polar surface area (TPSA) is 76.1 Å². The molecule has 138 valence electrons. The molecular formula is C20H19ClN4O2. The quantitative estimate of drug-likeness (QED) is 0.664. The van der Waals surface area contributed by atoms with E-state index < -0.39 is 0 Å². The number of carbonyl (C=O) groups excluding carboxylic acids is 1. The summed E-state index contributed by atoms with van der Waals surface area (Å²) in [4.78, 5) is 20.8. The monoisotopic (exact) mass is 382 g/mol. The summed E-state index contributed by atoms with van der Waals surface area (Å²) in [7, 11) is 1.63. The summed E-state index contributed by atoms with van der Waals surface area (Å²) in [6, 6.07) is 13.0. The number of hydrogen-bond acceptors (Lipinski definition) is 5. The number of halogens is 1. The molecule has 1 aromatic heterocycles. The Morgan fingerprint density at radius 2 is 1.89 bits per heavy atom. The van der Waals surface area contributed by atoms with E-state index in [4.69, 9.17) is 16.3 Å². The molecule has 0 aliphatic rings. The van der Waals surface area contributed by atoms with E-state index in [0.29, 0.717) is 28.8 Å². The van der Waals surface area contributed by atoms with Crippen LogP contribution in [0.3, 0.4) is 0 Å². The van der Waals surface area contributed by atoms with E-state index >= 15 is 0 Å². The average molecular weight is 383 g/mol. The summed E-state index contributed by atoms with van der Waals surface area (Å²) in [6.07, 6.45) is 2.96. The number of hydrogen-bond donors (Lipinski definition) is 2. The third kappa shape index (κ3) is 4.74. The number of amides is 1. The van der Waals surface area contributed by atoms with Crippen LogP contribution in [0.1, 0.15) is 21.5 Å². The van der Waals surface area contributed by atoms with E-state index in [1.165, 1.54) is 12.4 Å². The third-order valence-corrected chi connectivity index (χ3v) is 4.23. The fourth-order valence-electron chi connectivity index (χ4n) is 2.48. The first-order valence-corrected chi connectivity index (χ1v) is 8.70. The van der Waals surface area contributed by atoms with Gasteiger partial charge in [-0.25, -0.2) is 9.97 Å². The number of nitrogens with one attached hydrogen (secondary N) is 2. The number of para-hydroxylation sites is 1. The summed E-state index contributed by atoms with van der Waals surface area (Å²) >= 11 is 5.98. The Labute approximate surface area is 162 Å². The van der Waals surface area contributed by atoms with Crippen LogP contribution in [0.2, 0.25) is 5.02 Å². The molecule has 0 atom stereocenters. The highest BCUT2D eigenvalue weighted by Gasteiger charge is 2.10. The zero-order valence-electron chi connectivity index (χ0n) is 15.0. The van der Waals surface area contributed by atoms with E-state index in [1.807, 2.05) is 37.3 Å². The number of nitrogens with zero attached hydrogens (tertiary/aromatic N) is 2. The lowest BCUT2D eigenvalue weighted by molar-refractivity contribution is 0.102. The van der Waals surface area contributed by atoms with Crippen molar-refractivity contribution < 1.29 is 9.53 Å². The normalized spacial score (nSPS) is 10.3. The molecule has 2 N–H and O–H groups in total. The van der Waals surface area contributed by atoms with Crippen LogP contribution in [0.4, 0.5) is 11.6 Å². The molecule has 1 heterocycles. The fourth-order valence-corrected chi connectivity index (χ4v) is 2.66. The SMILES string of the molecule is COc1ccccc1CNc1ncc(C(=O)Nc2cc(Cl)ccc2C)cn1. The van der Waals surface area contributed by atoms with Crippen molar-refractivity contribution in [1.29, 1.82) is 0 Å². The highest BCUT2D eigenvalue weighted by atomic mass is 35.5. The van der Waals surface area contributed by atoms with Gasteiger partial charge in [-0.2, -0.15) is 0 Å². The number of benzene rings is 2. The lowest BCUT2D eigenvalue weighted by Crippen LogP contribution is -2.14. The van der Waals surface area contributed by atoms with Crippen LogP contribution in [-0.4, -0.2) is 23.0 Å². The first-order valence-electron chi connectivity index (χ1n) is 8.32. The van der Waals surface area contributed by atoms with Gasteiger partial charge < -0.3 is 15.4 Å². The second-order valence-electron chi connectivity index (χ2n) is 5.87. The van der Waals surface area contributed by atoms with Crippen LogP contribution < -0.4 is 15.4 Å². The van der Waals surface area contributed by atoms with Crippen molar-refractivity contribution in [2.45, 2.75) is 13.5 Å². The van der Waals surface area contributed by atoms with Crippen molar-refractivity contribution in [1.82, 2.24) is 9.97 Å². The Balaban J connectivity index is 1.64. The van der Waals surface area contributed by atoms with Gasteiger partial charge in [-0.05, 0) is 30.7 Å². The summed E-state index contributed by atoms with van der Waals surface area (Å²) in [5.74, 6) is 0.922. The molecule has 3 aromatic rings. The van der Waals surface area contributed by atoms with Gasteiger partial charge in [0.1, 0.15) is 5.75 Å². The Morgan fingerprint density at radius 1 is 1.15 bits per heavy atom. The zero-order valence-corrected chi connectivity index (χ0v) is 15.7. The highest BCUT2D eigenvalue weighted by Crippen LogP contribution is 2.21. The molecule has 6 nitrogen and oxygen atoms in total. The molecule has 0 unspecified atom stereocenters. The van der Waals surface area contributed by atoms with Gasteiger partial charge in [0.15, 0.2) is 0 Å². The predicted molar refractivity (Wildman–Crippen MR) is 106 cm³/mol. The van der Waals surface area contributed by atoms with Gasteiger partial charge in [0.05, 0.1) is 12.7 Å². The number of ether oxygens (including phenoxy) is 1. The molecule has 1 amide bonds. The molecule has 0 aliphatic heterocycles. The second kappa shape index (κ2) is 8.51. The van der Waals surface area contributed by atoms with Crippen molar-refractivity contribution in [3.8, 4) is 5.75 Å². The largest absolute Gasteiger partial charge is 0.496 e. The molecule has 3 rings (SSSR count). The summed E-state index contributed by atoms with van der Waals surface area (Å²) in [5.41, 5.74) is 2.92. The lowest BCUT2D eigenvalue weighted by atomic mass is 10.2. The minimum absolute atomic E-state index is 0.295. The van der Waals surface area contributed by atoms with Gasteiger partial charge in [-0.3, -0.25) is 4.79 Å². The van der Waals surface area contributed by atoms with Crippen molar-refractivity contribution >= 4 is 29.1 Å². The van der Waals surface area contributed by atoms with Crippen molar-refractivity contribution in [2.24, 2.45) is 0 Å². The molecule has 0 saturated heterocycles. The second-order valence-corrected chi connectivity index (χ2v) is 6.31. The van der Waals surface area contributed by atoms with Gasteiger partial charge >= 0.3 is 0 Å². The molecule has 0 fully saturated rings. The van der Waals surface area contributed by atoms with Gasteiger partial charge in [-0.1, -0.05) is 35.9 Å². The first kappa shape index (κ1) is 18.7. The number of methoxy groups -OCH3 is 1. The molecule has 0 aliphatic carbocycles. The van der Waals surface area contributed by atoms with Crippen LogP contribution in [0.15, 0.2) is 54.9 Å². The molecule has 7 heteroatoms. The number of carbonyl (C=O) groups is 1. The summed E-state index contributed by atoms with van der Waals surface area (Å²) in [5, 5.41) is 6.49. The van der Waals surface area contributed by atoms with Crippen LogP contribution in [0, 0.1) is 6.92 Å². The maximum atomic E-state index is 12.4. The minimum atomic E-state index is -0.295. The number of rotatable bonds is 6. The third-order valence-electron chi connectivity index (χ3n) is 3.99. The maximum absolute atomic E-state index is 12.4. The molecule has 2 aromatic carbocycles. The Bertz CT molecular complexity index is 945. The number of aryl methyl sites for hydroxylation is 1. The van der Waals surface area contributed by atoms with Crippen molar-refractivity contribution in [3.05, 3.63) is 76.6 Å². The van der Waals surface area contributed by atoms with E-state index in [2.05, 4.69) is 20.6 Å². The average Bonchev–Trinajstić information content (AvgIpc) is 2.69. The Kier molecular flexibility index (Phi) is 5.88. The summed E-state index contributed by atoms with van der Waals surface area (Å²) in [6.45, 7) is 2.41. The van der Waals surface area contributed by atoms with Crippen LogP contribution in [-0.2, 0) is 6.54 Å². The van der Waals surface area contributed by atoms with Crippen molar-refractivity contribution in [3.63, 3.8) is 0 Å². The Morgan fingerprint density at radius 3 is 2.63 bits per heavy atom. The van der Waals surface area contributed by atoms with Gasteiger partial charge in [0, 0.05) is 35.2 Å². The first-order chi connectivity index (χ1) is 13.1. The minimum Gasteiger partial charge on any atom is -0.496 e. The molecule has 0 spiro atoms. The Hall–Kier alpha value is -3.12. The zero-order chi connectivity index (χ0) is 19.2.